The molecule has 0 aromatic heterocycles. The number of rotatable bonds is 1. The zero-order chi connectivity index (χ0) is 14.3. The molecule has 1 heterocycles. The van der Waals surface area contributed by atoms with Crippen molar-refractivity contribution in [3.63, 3.8) is 0 Å². The number of nitrogens with one attached hydrogen (secondary N) is 1. The first kappa shape index (κ1) is 13.8. The summed E-state index contributed by atoms with van der Waals surface area (Å²) in [6.07, 6.45) is 5.12. The Labute approximate surface area is 122 Å². The standard InChI is InChI=1S/C18H27NO/c1-5-12-6-8-16-14(10-12)19-15-11-13(18(2,3)4)7-9-17(15)20-16/h6,8,10,13,15,17,19H,5,7,9,11H2,1-4H3. The van der Waals surface area contributed by atoms with Crippen molar-refractivity contribution in [1.82, 2.24) is 0 Å². The lowest BCUT2D eigenvalue weighted by Crippen LogP contribution is -2.47. The summed E-state index contributed by atoms with van der Waals surface area (Å²) in [6.45, 7) is 9.30. The fraction of sp³-hybridized carbons (Fsp3) is 0.667. The second kappa shape index (κ2) is 4.98. The van der Waals surface area contributed by atoms with Crippen LogP contribution >= 0.6 is 0 Å². The predicted molar refractivity (Wildman–Crippen MR) is 84.4 cm³/mol. The maximum atomic E-state index is 6.23. The molecule has 0 saturated heterocycles. The van der Waals surface area contributed by atoms with E-state index in [0.717, 1.165) is 18.1 Å². The van der Waals surface area contributed by atoms with Crippen molar-refractivity contribution >= 4 is 5.69 Å². The van der Waals surface area contributed by atoms with Gasteiger partial charge < -0.3 is 10.1 Å². The summed E-state index contributed by atoms with van der Waals surface area (Å²) >= 11 is 0. The molecular weight excluding hydrogens is 246 g/mol. The molecule has 1 saturated carbocycles. The average molecular weight is 273 g/mol. The third-order valence-electron chi connectivity index (χ3n) is 5.08. The van der Waals surface area contributed by atoms with Gasteiger partial charge in [0.05, 0.1) is 11.7 Å². The van der Waals surface area contributed by atoms with Crippen LogP contribution in [0.3, 0.4) is 0 Å². The highest BCUT2D eigenvalue weighted by Crippen LogP contribution is 2.43. The smallest absolute Gasteiger partial charge is 0.142 e. The molecule has 1 fully saturated rings. The fourth-order valence-electron chi connectivity index (χ4n) is 3.60. The molecule has 110 valence electrons. The van der Waals surface area contributed by atoms with Gasteiger partial charge in [-0.3, -0.25) is 0 Å². The first-order chi connectivity index (χ1) is 9.47. The lowest BCUT2D eigenvalue weighted by molar-refractivity contribution is 0.0700. The maximum Gasteiger partial charge on any atom is 0.142 e. The molecule has 2 heteroatoms. The van der Waals surface area contributed by atoms with E-state index in [4.69, 9.17) is 4.74 Å². The van der Waals surface area contributed by atoms with Crippen LogP contribution in [0.4, 0.5) is 5.69 Å². The van der Waals surface area contributed by atoms with Crippen LogP contribution in [-0.4, -0.2) is 12.1 Å². The second-order valence-electron chi connectivity index (χ2n) is 7.47. The summed E-state index contributed by atoms with van der Waals surface area (Å²) in [5, 5.41) is 3.75. The molecule has 2 nitrogen and oxygen atoms in total. The molecule has 1 aliphatic carbocycles. The molecule has 20 heavy (non-hydrogen) atoms. The lowest BCUT2D eigenvalue weighted by Gasteiger charge is -2.44. The van der Waals surface area contributed by atoms with Crippen molar-refractivity contribution in [2.75, 3.05) is 5.32 Å². The van der Waals surface area contributed by atoms with E-state index in [1.165, 1.54) is 30.5 Å². The largest absolute Gasteiger partial charge is 0.486 e. The molecule has 3 unspecified atom stereocenters. The number of ether oxygens (including phenoxy) is 1. The van der Waals surface area contributed by atoms with E-state index in [9.17, 15) is 0 Å². The predicted octanol–water partition coefficient (Wildman–Crippen LogP) is 4.64. The number of hydrogen-bond acceptors (Lipinski definition) is 2. The van der Waals surface area contributed by atoms with Crippen LogP contribution in [0, 0.1) is 11.3 Å². The van der Waals surface area contributed by atoms with Gasteiger partial charge in [-0.05, 0) is 54.7 Å². The van der Waals surface area contributed by atoms with Crippen LogP contribution in [0.15, 0.2) is 18.2 Å². The highest BCUT2D eigenvalue weighted by Gasteiger charge is 2.39. The molecule has 1 aliphatic heterocycles. The SMILES string of the molecule is CCc1ccc2c(c1)NC1CC(C(C)(C)C)CCC1O2. The van der Waals surface area contributed by atoms with Gasteiger partial charge in [-0.2, -0.15) is 0 Å². The van der Waals surface area contributed by atoms with E-state index < -0.39 is 0 Å². The monoisotopic (exact) mass is 273 g/mol. The van der Waals surface area contributed by atoms with E-state index in [1.807, 2.05) is 0 Å². The van der Waals surface area contributed by atoms with Crippen LogP contribution < -0.4 is 10.1 Å². The summed E-state index contributed by atoms with van der Waals surface area (Å²) < 4.78 is 6.23. The number of hydrogen-bond donors (Lipinski definition) is 1. The van der Waals surface area contributed by atoms with Gasteiger partial charge in [0.2, 0.25) is 0 Å². The average Bonchev–Trinajstić information content (AvgIpc) is 2.42. The molecule has 3 atom stereocenters. The summed E-state index contributed by atoms with van der Waals surface area (Å²) in [5.41, 5.74) is 2.97. The van der Waals surface area contributed by atoms with E-state index in [1.54, 1.807) is 0 Å². The van der Waals surface area contributed by atoms with Crippen molar-refractivity contribution in [3.8, 4) is 5.75 Å². The van der Waals surface area contributed by atoms with Crippen LogP contribution in [0.5, 0.6) is 5.75 Å². The fourth-order valence-corrected chi connectivity index (χ4v) is 3.60. The van der Waals surface area contributed by atoms with Crippen LogP contribution in [0.1, 0.15) is 52.5 Å². The van der Waals surface area contributed by atoms with Crippen LogP contribution in [-0.2, 0) is 6.42 Å². The Morgan fingerprint density at radius 3 is 2.75 bits per heavy atom. The second-order valence-corrected chi connectivity index (χ2v) is 7.47. The van der Waals surface area contributed by atoms with Crippen LogP contribution in [0.2, 0.25) is 0 Å². The van der Waals surface area contributed by atoms with Gasteiger partial charge in [0, 0.05) is 0 Å². The topological polar surface area (TPSA) is 21.3 Å². The lowest BCUT2D eigenvalue weighted by atomic mass is 9.70. The Balaban J connectivity index is 1.80. The molecule has 1 aromatic carbocycles. The number of anilines is 1. The molecule has 0 amide bonds. The van der Waals surface area contributed by atoms with Crippen molar-refractivity contribution in [2.45, 2.75) is 65.5 Å². The number of aryl methyl sites for hydroxylation is 1. The third kappa shape index (κ3) is 2.53. The van der Waals surface area contributed by atoms with Crippen LogP contribution in [0.25, 0.3) is 0 Å². The normalized spacial score (nSPS) is 28.9. The van der Waals surface area contributed by atoms with Gasteiger partial charge in [0.15, 0.2) is 0 Å². The first-order valence-electron chi connectivity index (χ1n) is 8.03. The third-order valence-corrected chi connectivity index (χ3v) is 5.08. The summed E-state index contributed by atoms with van der Waals surface area (Å²) in [7, 11) is 0. The van der Waals surface area contributed by atoms with E-state index in [0.29, 0.717) is 17.6 Å². The summed E-state index contributed by atoms with van der Waals surface area (Å²) in [6, 6.07) is 7.05. The minimum absolute atomic E-state index is 0.355. The molecule has 1 N–H and O–H groups in total. The number of fused-ring (bicyclic) bond motifs is 2. The Bertz CT molecular complexity index is 489. The Kier molecular flexibility index (Phi) is 3.43. The quantitative estimate of drug-likeness (QED) is 0.805. The molecule has 1 aromatic rings. The summed E-state index contributed by atoms with van der Waals surface area (Å²) in [5.74, 6) is 1.83. The van der Waals surface area contributed by atoms with Crippen molar-refractivity contribution in [1.29, 1.82) is 0 Å². The van der Waals surface area contributed by atoms with Gasteiger partial charge in [-0.15, -0.1) is 0 Å². The van der Waals surface area contributed by atoms with Gasteiger partial charge in [-0.25, -0.2) is 0 Å². The van der Waals surface area contributed by atoms with Gasteiger partial charge >= 0.3 is 0 Å². The zero-order valence-corrected chi connectivity index (χ0v) is 13.2. The van der Waals surface area contributed by atoms with Crippen molar-refractivity contribution in [2.24, 2.45) is 11.3 Å². The Morgan fingerprint density at radius 2 is 2.05 bits per heavy atom. The summed E-state index contributed by atoms with van der Waals surface area (Å²) in [4.78, 5) is 0. The molecular formula is C18H27NO. The zero-order valence-electron chi connectivity index (χ0n) is 13.2. The minimum atomic E-state index is 0.355. The van der Waals surface area contributed by atoms with Gasteiger partial charge in [-0.1, -0.05) is 33.8 Å². The highest BCUT2D eigenvalue weighted by molar-refractivity contribution is 5.60. The highest BCUT2D eigenvalue weighted by atomic mass is 16.5. The molecule has 2 aliphatic rings. The number of benzene rings is 1. The van der Waals surface area contributed by atoms with Crippen molar-refractivity contribution in [3.05, 3.63) is 23.8 Å². The Morgan fingerprint density at radius 1 is 1.25 bits per heavy atom. The molecule has 0 bridgehead atoms. The minimum Gasteiger partial charge on any atom is -0.486 e. The van der Waals surface area contributed by atoms with Crippen molar-refractivity contribution < 1.29 is 4.74 Å². The van der Waals surface area contributed by atoms with E-state index in [-0.39, 0.29) is 0 Å². The molecule has 3 rings (SSSR count). The molecule has 0 radical (unpaired) electrons. The maximum absolute atomic E-state index is 6.23. The van der Waals surface area contributed by atoms with Gasteiger partial charge in [0.1, 0.15) is 11.9 Å². The van der Waals surface area contributed by atoms with Gasteiger partial charge in [0.25, 0.3) is 0 Å². The molecule has 0 spiro atoms. The van der Waals surface area contributed by atoms with E-state index >= 15 is 0 Å². The first-order valence-corrected chi connectivity index (χ1v) is 8.03. The Hall–Kier alpha value is -1.18. The van der Waals surface area contributed by atoms with E-state index in [2.05, 4.69) is 51.2 Å².